The van der Waals surface area contributed by atoms with Crippen molar-refractivity contribution >= 4 is 17.6 Å². The molecule has 1 aliphatic heterocycles. The van der Waals surface area contributed by atoms with Crippen molar-refractivity contribution in [3.05, 3.63) is 29.8 Å². The second-order valence-corrected chi connectivity index (χ2v) is 5.40. The molecular weight excluding hydrogens is 268 g/mol. The average molecular weight is 290 g/mol. The van der Waals surface area contributed by atoms with E-state index < -0.39 is 5.97 Å². The Kier molecular flexibility index (Phi) is 5.33. The van der Waals surface area contributed by atoms with Gasteiger partial charge in [0, 0.05) is 6.04 Å². The van der Waals surface area contributed by atoms with E-state index >= 15 is 0 Å². The highest BCUT2D eigenvalue weighted by Crippen LogP contribution is 2.18. The Morgan fingerprint density at radius 3 is 2.81 bits per heavy atom. The summed E-state index contributed by atoms with van der Waals surface area (Å²) < 4.78 is 4.72. The molecule has 0 bridgehead atoms. The van der Waals surface area contributed by atoms with Gasteiger partial charge < -0.3 is 10.1 Å². The van der Waals surface area contributed by atoms with Crippen LogP contribution < -0.4 is 5.32 Å². The Labute approximate surface area is 125 Å². The number of esters is 1. The van der Waals surface area contributed by atoms with Gasteiger partial charge in [0.25, 0.3) is 0 Å². The molecule has 1 aromatic carbocycles. The van der Waals surface area contributed by atoms with Gasteiger partial charge in [-0.1, -0.05) is 18.6 Å². The largest absolute Gasteiger partial charge is 0.465 e. The average Bonchev–Trinajstić information content (AvgIpc) is 2.49. The maximum Gasteiger partial charge on any atom is 0.339 e. The molecule has 1 saturated heterocycles. The molecule has 0 aromatic heterocycles. The van der Waals surface area contributed by atoms with Crippen molar-refractivity contribution in [3.8, 4) is 0 Å². The molecule has 5 nitrogen and oxygen atoms in total. The van der Waals surface area contributed by atoms with Gasteiger partial charge in [-0.3, -0.25) is 9.69 Å². The first-order chi connectivity index (χ1) is 10.1. The quantitative estimate of drug-likeness (QED) is 0.864. The number of piperidine rings is 1. The lowest BCUT2D eigenvalue weighted by Crippen LogP contribution is -2.42. The van der Waals surface area contributed by atoms with Crippen molar-refractivity contribution in [1.29, 1.82) is 0 Å². The molecule has 0 unspecified atom stereocenters. The molecule has 114 valence electrons. The van der Waals surface area contributed by atoms with Crippen molar-refractivity contribution < 1.29 is 14.3 Å². The van der Waals surface area contributed by atoms with E-state index in [0.717, 1.165) is 19.4 Å². The molecule has 1 N–H and O–H groups in total. The Morgan fingerprint density at radius 1 is 1.33 bits per heavy atom. The van der Waals surface area contributed by atoms with Crippen LogP contribution in [-0.2, 0) is 9.53 Å². The third-order valence-corrected chi connectivity index (χ3v) is 3.89. The van der Waals surface area contributed by atoms with Crippen molar-refractivity contribution in [3.63, 3.8) is 0 Å². The van der Waals surface area contributed by atoms with E-state index in [1.807, 2.05) is 0 Å². The van der Waals surface area contributed by atoms with Crippen LogP contribution in [-0.4, -0.2) is 43.0 Å². The van der Waals surface area contributed by atoms with Gasteiger partial charge in [-0.25, -0.2) is 4.79 Å². The van der Waals surface area contributed by atoms with Gasteiger partial charge in [-0.15, -0.1) is 0 Å². The van der Waals surface area contributed by atoms with Gasteiger partial charge in [-0.2, -0.15) is 0 Å². The Hall–Kier alpha value is -1.88. The topological polar surface area (TPSA) is 58.6 Å². The van der Waals surface area contributed by atoms with Crippen LogP contribution in [0.5, 0.6) is 0 Å². The predicted octanol–water partition coefficient (Wildman–Crippen LogP) is 2.29. The molecule has 0 saturated carbocycles. The molecule has 0 aliphatic carbocycles. The molecule has 1 aliphatic rings. The number of benzene rings is 1. The Balaban J connectivity index is 2.01. The summed E-state index contributed by atoms with van der Waals surface area (Å²) in [5.41, 5.74) is 0.874. The number of carbonyl (C=O) groups is 2. The highest BCUT2D eigenvalue weighted by molar-refractivity contribution is 6.01. The van der Waals surface area contributed by atoms with Crippen LogP contribution in [0.25, 0.3) is 0 Å². The molecule has 1 heterocycles. The number of ether oxygens (including phenoxy) is 1. The van der Waals surface area contributed by atoms with Crippen LogP contribution in [0.1, 0.15) is 36.5 Å². The monoisotopic (exact) mass is 290 g/mol. The molecule has 21 heavy (non-hydrogen) atoms. The number of hydrogen-bond acceptors (Lipinski definition) is 4. The van der Waals surface area contributed by atoms with Crippen LogP contribution in [0.4, 0.5) is 5.69 Å². The maximum atomic E-state index is 12.2. The molecule has 0 spiro atoms. The summed E-state index contributed by atoms with van der Waals surface area (Å²) >= 11 is 0. The predicted molar refractivity (Wildman–Crippen MR) is 81.3 cm³/mol. The third-order valence-electron chi connectivity index (χ3n) is 3.89. The maximum absolute atomic E-state index is 12.2. The number of anilines is 1. The smallest absolute Gasteiger partial charge is 0.339 e. The number of likely N-dealkylation sites (tertiary alicyclic amines) is 1. The number of para-hydroxylation sites is 1. The van der Waals surface area contributed by atoms with Crippen molar-refractivity contribution in [2.24, 2.45) is 0 Å². The lowest BCUT2D eigenvalue weighted by Gasteiger charge is -2.32. The van der Waals surface area contributed by atoms with Gasteiger partial charge in [0.1, 0.15) is 0 Å². The van der Waals surface area contributed by atoms with Crippen LogP contribution in [0.2, 0.25) is 0 Å². The first-order valence-electron chi connectivity index (χ1n) is 7.33. The summed E-state index contributed by atoms with van der Waals surface area (Å²) in [6.45, 7) is 3.46. The zero-order valence-corrected chi connectivity index (χ0v) is 12.6. The van der Waals surface area contributed by atoms with E-state index in [2.05, 4.69) is 17.1 Å². The van der Waals surface area contributed by atoms with Gasteiger partial charge in [0.05, 0.1) is 24.9 Å². The normalized spacial score (nSPS) is 19.0. The van der Waals surface area contributed by atoms with Crippen LogP contribution >= 0.6 is 0 Å². The van der Waals surface area contributed by atoms with E-state index in [1.165, 1.54) is 13.5 Å². The fourth-order valence-corrected chi connectivity index (χ4v) is 2.65. The van der Waals surface area contributed by atoms with Gasteiger partial charge in [0.15, 0.2) is 0 Å². The van der Waals surface area contributed by atoms with E-state index in [1.54, 1.807) is 24.3 Å². The van der Waals surface area contributed by atoms with Gasteiger partial charge in [0.2, 0.25) is 5.91 Å². The second-order valence-electron chi connectivity index (χ2n) is 5.40. The highest BCUT2D eigenvalue weighted by Gasteiger charge is 2.21. The Morgan fingerprint density at radius 2 is 2.10 bits per heavy atom. The number of nitrogens with zero attached hydrogens (tertiary/aromatic N) is 1. The van der Waals surface area contributed by atoms with Crippen molar-refractivity contribution in [1.82, 2.24) is 4.90 Å². The molecule has 5 heteroatoms. The molecular formula is C16H22N2O3. The fraction of sp³-hybridized carbons (Fsp3) is 0.500. The third kappa shape index (κ3) is 4.04. The van der Waals surface area contributed by atoms with E-state index in [4.69, 9.17) is 4.74 Å². The molecule has 0 radical (unpaired) electrons. The van der Waals surface area contributed by atoms with Gasteiger partial charge in [-0.05, 0) is 38.4 Å². The zero-order chi connectivity index (χ0) is 15.2. The number of carbonyl (C=O) groups excluding carboxylic acids is 2. The van der Waals surface area contributed by atoms with Crippen molar-refractivity contribution in [2.75, 3.05) is 25.5 Å². The minimum Gasteiger partial charge on any atom is -0.465 e. The molecule has 2 rings (SSSR count). The van der Waals surface area contributed by atoms with Crippen molar-refractivity contribution in [2.45, 2.75) is 32.2 Å². The summed E-state index contributed by atoms with van der Waals surface area (Å²) in [7, 11) is 1.33. The number of nitrogens with one attached hydrogen (secondary N) is 1. The highest BCUT2D eigenvalue weighted by atomic mass is 16.5. The molecule has 1 amide bonds. The van der Waals surface area contributed by atoms with Crippen LogP contribution in [0.3, 0.4) is 0 Å². The van der Waals surface area contributed by atoms with E-state index in [-0.39, 0.29) is 5.91 Å². The van der Waals surface area contributed by atoms with Crippen LogP contribution in [0, 0.1) is 0 Å². The summed E-state index contributed by atoms with van der Waals surface area (Å²) in [6.07, 6.45) is 3.49. The van der Waals surface area contributed by atoms with Gasteiger partial charge >= 0.3 is 5.97 Å². The van der Waals surface area contributed by atoms with E-state index in [0.29, 0.717) is 23.8 Å². The summed E-state index contributed by atoms with van der Waals surface area (Å²) in [5, 5.41) is 2.81. The standard InChI is InChI=1S/C16H22N2O3/c1-12-7-5-6-10-18(12)11-15(19)17-14-9-4-3-8-13(14)16(20)21-2/h3-4,8-9,12H,5-7,10-11H2,1-2H3,(H,17,19)/t12-/m1/s1. The zero-order valence-electron chi connectivity index (χ0n) is 12.6. The lowest BCUT2D eigenvalue weighted by atomic mass is 10.0. The number of methoxy groups -OCH3 is 1. The number of amides is 1. The summed E-state index contributed by atoms with van der Waals surface area (Å²) in [6, 6.07) is 7.31. The summed E-state index contributed by atoms with van der Waals surface area (Å²) in [4.78, 5) is 26.0. The minimum absolute atomic E-state index is 0.0971. The van der Waals surface area contributed by atoms with Crippen LogP contribution in [0.15, 0.2) is 24.3 Å². The Bertz CT molecular complexity index is 516. The first kappa shape index (κ1) is 15.5. The molecule has 1 atom stereocenters. The van der Waals surface area contributed by atoms with E-state index in [9.17, 15) is 9.59 Å². The molecule has 1 aromatic rings. The SMILES string of the molecule is COC(=O)c1ccccc1NC(=O)CN1CCCC[C@H]1C. The number of hydrogen-bond donors (Lipinski definition) is 1. The summed E-state index contributed by atoms with van der Waals surface area (Å²) in [5.74, 6) is -0.544. The molecule has 1 fully saturated rings. The second kappa shape index (κ2) is 7.22. The minimum atomic E-state index is -0.447. The number of rotatable bonds is 4. The first-order valence-corrected chi connectivity index (χ1v) is 7.33. The fourth-order valence-electron chi connectivity index (χ4n) is 2.65. The lowest BCUT2D eigenvalue weighted by molar-refractivity contribution is -0.118.